The number of rotatable bonds is 3. The maximum absolute atomic E-state index is 12.9. The number of hydrogen-bond donors (Lipinski definition) is 2. The maximum atomic E-state index is 12.9. The quantitative estimate of drug-likeness (QED) is 0.843. The van der Waals surface area contributed by atoms with E-state index in [2.05, 4.69) is 4.72 Å². The summed E-state index contributed by atoms with van der Waals surface area (Å²) in [5.74, 6) is -0.569. The third-order valence-corrected chi connectivity index (χ3v) is 4.41. The molecule has 0 bridgehead atoms. The van der Waals surface area contributed by atoms with Gasteiger partial charge >= 0.3 is 0 Å². The lowest BCUT2D eigenvalue weighted by Crippen LogP contribution is -2.15. The van der Waals surface area contributed by atoms with Gasteiger partial charge in [-0.25, -0.2) is 12.8 Å². The van der Waals surface area contributed by atoms with Gasteiger partial charge in [0.1, 0.15) is 10.7 Å². The summed E-state index contributed by atoms with van der Waals surface area (Å²) in [5.41, 5.74) is 5.71. The van der Waals surface area contributed by atoms with Crippen LogP contribution < -0.4 is 10.5 Å². The number of nitrogens with two attached hydrogens (primary N) is 1. The fourth-order valence-electron chi connectivity index (χ4n) is 1.51. The molecule has 2 aromatic rings. The summed E-state index contributed by atoms with van der Waals surface area (Å²) >= 11 is 11.5. The zero-order valence-corrected chi connectivity index (χ0v) is 12.2. The highest BCUT2D eigenvalue weighted by molar-refractivity contribution is 7.92. The van der Waals surface area contributed by atoms with Gasteiger partial charge in [-0.2, -0.15) is 0 Å². The van der Waals surface area contributed by atoms with Gasteiger partial charge in [0.2, 0.25) is 0 Å². The highest BCUT2D eigenvalue weighted by Gasteiger charge is 2.19. The molecule has 0 saturated carbocycles. The number of benzene rings is 2. The number of anilines is 2. The minimum absolute atomic E-state index is 0.0418. The van der Waals surface area contributed by atoms with E-state index >= 15 is 0 Å². The highest BCUT2D eigenvalue weighted by Crippen LogP contribution is 2.28. The average molecular weight is 335 g/mol. The van der Waals surface area contributed by atoms with Gasteiger partial charge in [-0.05, 0) is 36.4 Å². The van der Waals surface area contributed by atoms with Crippen LogP contribution in [0.3, 0.4) is 0 Å². The van der Waals surface area contributed by atoms with Crippen LogP contribution in [0, 0.1) is 5.82 Å². The molecule has 106 valence electrons. The van der Waals surface area contributed by atoms with Crippen molar-refractivity contribution in [2.24, 2.45) is 0 Å². The molecule has 2 aromatic carbocycles. The molecule has 0 aliphatic carbocycles. The van der Waals surface area contributed by atoms with E-state index in [1.54, 1.807) is 0 Å². The third kappa shape index (κ3) is 3.15. The van der Waals surface area contributed by atoms with Gasteiger partial charge < -0.3 is 5.73 Å². The van der Waals surface area contributed by atoms with E-state index in [0.29, 0.717) is 0 Å². The molecule has 0 amide bonds. The van der Waals surface area contributed by atoms with Gasteiger partial charge in [-0.15, -0.1) is 0 Å². The Balaban J connectivity index is 2.43. The Hall–Kier alpha value is -1.50. The van der Waals surface area contributed by atoms with Crippen LogP contribution in [-0.4, -0.2) is 8.42 Å². The molecular weight excluding hydrogens is 326 g/mol. The minimum atomic E-state index is -3.97. The van der Waals surface area contributed by atoms with Crippen LogP contribution in [-0.2, 0) is 10.0 Å². The fraction of sp³-hybridized carbons (Fsp3) is 0. The van der Waals surface area contributed by atoms with Crippen molar-refractivity contribution in [1.29, 1.82) is 0 Å². The minimum Gasteiger partial charge on any atom is -0.398 e. The molecule has 20 heavy (non-hydrogen) atoms. The van der Waals surface area contributed by atoms with Crippen LogP contribution in [0.1, 0.15) is 0 Å². The van der Waals surface area contributed by atoms with Crippen molar-refractivity contribution in [3.05, 3.63) is 52.3 Å². The summed E-state index contributed by atoms with van der Waals surface area (Å²) in [4.78, 5) is -0.176. The van der Waals surface area contributed by atoms with Crippen molar-refractivity contribution in [1.82, 2.24) is 0 Å². The maximum Gasteiger partial charge on any atom is 0.264 e. The summed E-state index contributed by atoms with van der Waals surface area (Å²) in [6, 6.07) is 7.38. The Bertz CT molecular complexity index is 766. The summed E-state index contributed by atoms with van der Waals surface area (Å²) in [7, 11) is -3.97. The van der Waals surface area contributed by atoms with Gasteiger partial charge in [0.25, 0.3) is 10.0 Å². The lowest BCUT2D eigenvalue weighted by molar-refractivity contribution is 0.601. The molecule has 0 atom stereocenters. The predicted molar refractivity (Wildman–Crippen MR) is 78.1 cm³/mol. The molecule has 2 rings (SSSR count). The largest absolute Gasteiger partial charge is 0.398 e. The first-order valence-electron chi connectivity index (χ1n) is 5.32. The lowest BCUT2D eigenvalue weighted by atomic mass is 10.3. The molecule has 0 saturated heterocycles. The smallest absolute Gasteiger partial charge is 0.264 e. The Labute approximate surface area is 125 Å². The molecule has 0 aliphatic heterocycles. The Kier molecular flexibility index (Phi) is 4.08. The van der Waals surface area contributed by atoms with Gasteiger partial charge in [0.05, 0.1) is 16.4 Å². The van der Waals surface area contributed by atoms with E-state index in [9.17, 15) is 12.8 Å². The second-order valence-corrected chi connectivity index (χ2v) is 6.41. The molecule has 0 spiro atoms. The first kappa shape index (κ1) is 14.9. The van der Waals surface area contributed by atoms with Crippen molar-refractivity contribution < 1.29 is 12.8 Å². The van der Waals surface area contributed by atoms with Gasteiger partial charge in [0, 0.05) is 5.02 Å². The lowest BCUT2D eigenvalue weighted by Gasteiger charge is -2.11. The fourth-order valence-corrected chi connectivity index (χ4v) is 3.26. The normalized spacial score (nSPS) is 11.3. The van der Waals surface area contributed by atoms with Gasteiger partial charge in [0.15, 0.2) is 0 Å². The van der Waals surface area contributed by atoms with E-state index in [1.165, 1.54) is 24.3 Å². The van der Waals surface area contributed by atoms with E-state index in [4.69, 9.17) is 28.9 Å². The van der Waals surface area contributed by atoms with Crippen LogP contribution >= 0.6 is 23.2 Å². The first-order valence-corrected chi connectivity index (χ1v) is 7.56. The SMILES string of the molecule is Nc1ccc(Cl)cc1S(=O)(=O)Nc1ccc(F)cc1Cl. The second kappa shape index (κ2) is 5.47. The van der Waals surface area contributed by atoms with Crippen LogP contribution in [0.15, 0.2) is 41.3 Å². The Morgan fingerprint density at radius 3 is 2.45 bits per heavy atom. The van der Waals surface area contributed by atoms with Crippen LogP contribution in [0.5, 0.6) is 0 Å². The predicted octanol–water partition coefficient (Wildman–Crippen LogP) is 3.52. The summed E-state index contributed by atoms with van der Waals surface area (Å²) < 4.78 is 39.6. The van der Waals surface area contributed by atoms with Crippen LogP contribution in [0.2, 0.25) is 10.0 Å². The molecule has 3 N–H and O–H groups in total. The molecule has 8 heteroatoms. The Morgan fingerprint density at radius 1 is 1.10 bits per heavy atom. The Morgan fingerprint density at radius 2 is 1.80 bits per heavy atom. The number of halogens is 3. The number of hydrogen-bond acceptors (Lipinski definition) is 3. The van der Waals surface area contributed by atoms with Crippen LogP contribution in [0.25, 0.3) is 0 Å². The summed E-state index contributed by atoms with van der Waals surface area (Å²) in [6.45, 7) is 0. The summed E-state index contributed by atoms with van der Waals surface area (Å²) in [6.07, 6.45) is 0. The second-order valence-electron chi connectivity index (χ2n) is 3.91. The van der Waals surface area contributed by atoms with Crippen molar-refractivity contribution in [2.45, 2.75) is 4.90 Å². The van der Waals surface area contributed by atoms with E-state index < -0.39 is 15.8 Å². The highest BCUT2D eigenvalue weighted by atomic mass is 35.5. The first-order chi connectivity index (χ1) is 9.29. The van der Waals surface area contributed by atoms with Gasteiger partial charge in [-0.3, -0.25) is 4.72 Å². The topological polar surface area (TPSA) is 72.2 Å². The van der Waals surface area contributed by atoms with Crippen molar-refractivity contribution in [3.63, 3.8) is 0 Å². The molecule has 4 nitrogen and oxygen atoms in total. The molecule has 0 radical (unpaired) electrons. The monoisotopic (exact) mass is 334 g/mol. The standard InChI is InChI=1S/C12H9Cl2FN2O2S/c13-7-1-3-10(16)12(5-7)20(18,19)17-11-4-2-8(15)6-9(11)14/h1-6,17H,16H2. The number of nitrogens with one attached hydrogen (secondary N) is 1. The molecule has 0 fully saturated rings. The zero-order chi connectivity index (χ0) is 14.9. The van der Waals surface area contributed by atoms with E-state index in [1.807, 2.05) is 0 Å². The average Bonchev–Trinajstić information content (AvgIpc) is 2.35. The van der Waals surface area contributed by atoms with Crippen molar-refractivity contribution in [3.8, 4) is 0 Å². The van der Waals surface area contributed by atoms with E-state index in [0.717, 1.165) is 12.1 Å². The number of nitrogen functional groups attached to an aromatic ring is 1. The van der Waals surface area contributed by atoms with E-state index in [-0.39, 0.29) is 26.3 Å². The molecular formula is C12H9Cl2FN2O2S. The van der Waals surface area contributed by atoms with Crippen molar-refractivity contribution >= 4 is 44.6 Å². The van der Waals surface area contributed by atoms with Gasteiger partial charge in [-0.1, -0.05) is 23.2 Å². The molecule has 0 unspecified atom stereocenters. The molecule has 0 heterocycles. The zero-order valence-electron chi connectivity index (χ0n) is 9.90. The third-order valence-electron chi connectivity index (χ3n) is 2.44. The summed E-state index contributed by atoms with van der Waals surface area (Å²) in [5, 5.41) is 0.166. The molecule has 0 aliphatic rings. The van der Waals surface area contributed by atoms with Crippen LogP contribution in [0.4, 0.5) is 15.8 Å². The molecule has 0 aromatic heterocycles. The number of sulfonamides is 1. The van der Waals surface area contributed by atoms with Crippen molar-refractivity contribution in [2.75, 3.05) is 10.5 Å².